The van der Waals surface area contributed by atoms with E-state index in [1.807, 2.05) is 24.6 Å². The molecule has 6 nitrogen and oxygen atoms in total. The van der Waals surface area contributed by atoms with E-state index in [1.165, 1.54) is 6.20 Å². The third kappa shape index (κ3) is 2.47. The normalized spacial score (nSPS) is 12.4. The number of benzene rings is 1. The first-order valence-corrected chi connectivity index (χ1v) is 7.53. The SMILES string of the molecule is CC(Nc1ncc([N+](=O)[O-])s1)c1ccc2ncsc2c1. The van der Waals surface area contributed by atoms with E-state index in [4.69, 9.17) is 0 Å². The molecule has 0 aliphatic carbocycles. The first-order chi connectivity index (χ1) is 9.63. The fourth-order valence-corrected chi connectivity index (χ4v) is 3.27. The number of hydrogen-bond acceptors (Lipinski definition) is 7. The molecule has 0 saturated carbocycles. The monoisotopic (exact) mass is 306 g/mol. The van der Waals surface area contributed by atoms with Crippen LogP contribution in [0.1, 0.15) is 18.5 Å². The molecule has 0 fully saturated rings. The Morgan fingerprint density at radius 2 is 2.25 bits per heavy atom. The van der Waals surface area contributed by atoms with Crippen molar-refractivity contribution in [3.8, 4) is 0 Å². The van der Waals surface area contributed by atoms with Crippen LogP contribution in [0.25, 0.3) is 10.2 Å². The van der Waals surface area contributed by atoms with Gasteiger partial charge in [0.25, 0.3) is 0 Å². The molecule has 0 radical (unpaired) electrons. The molecule has 8 heteroatoms. The van der Waals surface area contributed by atoms with E-state index in [0.717, 1.165) is 27.1 Å². The molecule has 3 rings (SSSR count). The molecule has 102 valence electrons. The Morgan fingerprint density at radius 1 is 1.40 bits per heavy atom. The van der Waals surface area contributed by atoms with Gasteiger partial charge in [-0.2, -0.15) is 0 Å². The smallest absolute Gasteiger partial charge is 0.345 e. The minimum absolute atomic E-state index is 0.0206. The Kier molecular flexibility index (Phi) is 3.33. The van der Waals surface area contributed by atoms with Crippen molar-refractivity contribution in [3.05, 3.63) is 45.6 Å². The minimum Gasteiger partial charge on any atom is -0.355 e. The minimum atomic E-state index is -0.434. The van der Waals surface area contributed by atoms with Gasteiger partial charge in [0, 0.05) is 0 Å². The molecule has 0 aliphatic rings. The predicted octanol–water partition coefficient (Wildman–Crippen LogP) is 3.83. The van der Waals surface area contributed by atoms with Crippen molar-refractivity contribution in [3.63, 3.8) is 0 Å². The summed E-state index contributed by atoms with van der Waals surface area (Å²) in [6.45, 7) is 2.00. The maximum absolute atomic E-state index is 10.6. The summed E-state index contributed by atoms with van der Waals surface area (Å²) in [4.78, 5) is 18.4. The average molecular weight is 306 g/mol. The standard InChI is InChI=1S/C12H10N4O2S2/c1-7(15-12-13-5-11(20-12)16(17)18)8-2-3-9-10(4-8)19-6-14-9/h2-7H,1H3,(H,13,15). The Balaban J connectivity index is 1.80. The van der Waals surface area contributed by atoms with Crippen molar-refractivity contribution in [2.45, 2.75) is 13.0 Å². The highest BCUT2D eigenvalue weighted by Gasteiger charge is 2.14. The van der Waals surface area contributed by atoms with Crippen molar-refractivity contribution < 1.29 is 4.92 Å². The van der Waals surface area contributed by atoms with Gasteiger partial charge < -0.3 is 5.32 Å². The fraction of sp³-hybridized carbons (Fsp3) is 0.167. The first kappa shape index (κ1) is 12.9. The number of anilines is 1. The Morgan fingerprint density at radius 3 is 3.00 bits per heavy atom. The van der Waals surface area contributed by atoms with E-state index >= 15 is 0 Å². The molecule has 1 N–H and O–H groups in total. The molecule has 2 aromatic heterocycles. The number of fused-ring (bicyclic) bond motifs is 1. The summed E-state index contributed by atoms with van der Waals surface area (Å²) in [6, 6.07) is 6.07. The first-order valence-electron chi connectivity index (χ1n) is 5.83. The van der Waals surface area contributed by atoms with Gasteiger partial charge in [-0.3, -0.25) is 10.1 Å². The zero-order valence-corrected chi connectivity index (χ0v) is 12.1. The summed E-state index contributed by atoms with van der Waals surface area (Å²) < 4.78 is 1.13. The topological polar surface area (TPSA) is 81.0 Å². The number of nitro groups is 1. The van der Waals surface area contributed by atoms with Crippen LogP contribution in [0.4, 0.5) is 10.1 Å². The van der Waals surface area contributed by atoms with E-state index in [9.17, 15) is 10.1 Å². The molecule has 1 unspecified atom stereocenters. The summed E-state index contributed by atoms with van der Waals surface area (Å²) in [6.07, 6.45) is 1.27. The molecule has 2 heterocycles. The van der Waals surface area contributed by atoms with Gasteiger partial charge in [0.05, 0.1) is 26.7 Å². The van der Waals surface area contributed by atoms with Crippen molar-refractivity contribution in [2.75, 3.05) is 5.32 Å². The summed E-state index contributed by atoms with van der Waals surface area (Å²) in [5, 5.41) is 14.4. The van der Waals surface area contributed by atoms with Gasteiger partial charge in [0.15, 0.2) is 5.13 Å². The van der Waals surface area contributed by atoms with Crippen LogP contribution in [-0.4, -0.2) is 14.9 Å². The van der Waals surface area contributed by atoms with E-state index < -0.39 is 4.92 Å². The quantitative estimate of drug-likeness (QED) is 0.585. The second-order valence-electron chi connectivity index (χ2n) is 4.21. The van der Waals surface area contributed by atoms with E-state index in [-0.39, 0.29) is 11.0 Å². The molecule has 1 atom stereocenters. The van der Waals surface area contributed by atoms with Gasteiger partial charge >= 0.3 is 5.00 Å². The predicted molar refractivity (Wildman–Crippen MR) is 80.4 cm³/mol. The Labute approximate surface area is 122 Å². The van der Waals surface area contributed by atoms with Crippen LogP contribution in [0.5, 0.6) is 0 Å². The third-order valence-electron chi connectivity index (χ3n) is 2.87. The van der Waals surface area contributed by atoms with Crippen LogP contribution in [0.15, 0.2) is 29.9 Å². The van der Waals surface area contributed by atoms with E-state index in [1.54, 1.807) is 11.3 Å². The van der Waals surface area contributed by atoms with E-state index in [0.29, 0.717) is 5.13 Å². The molecule has 0 spiro atoms. The lowest BCUT2D eigenvalue weighted by Gasteiger charge is -2.12. The van der Waals surface area contributed by atoms with Crippen LogP contribution in [0, 0.1) is 10.1 Å². The Bertz CT molecular complexity index is 768. The van der Waals surface area contributed by atoms with Crippen LogP contribution in [0.2, 0.25) is 0 Å². The van der Waals surface area contributed by atoms with E-state index in [2.05, 4.69) is 21.4 Å². The molecule has 3 aromatic rings. The van der Waals surface area contributed by atoms with Gasteiger partial charge in [-0.05, 0) is 36.0 Å². The van der Waals surface area contributed by atoms with Crippen LogP contribution < -0.4 is 5.32 Å². The zero-order valence-electron chi connectivity index (χ0n) is 10.4. The summed E-state index contributed by atoms with van der Waals surface area (Å²) in [7, 11) is 0. The maximum Gasteiger partial charge on any atom is 0.345 e. The number of nitrogens with one attached hydrogen (secondary N) is 1. The maximum atomic E-state index is 10.6. The van der Waals surface area contributed by atoms with Crippen LogP contribution in [-0.2, 0) is 0 Å². The van der Waals surface area contributed by atoms with Crippen LogP contribution >= 0.6 is 22.7 Å². The summed E-state index contributed by atoms with van der Waals surface area (Å²) in [5.74, 6) is 0. The highest BCUT2D eigenvalue weighted by atomic mass is 32.1. The van der Waals surface area contributed by atoms with Crippen molar-refractivity contribution in [2.24, 2.45) is 0 Å². The van der Waals surface area contributed by atoms with Gasteiger partial charge in [0.2, 0.25) is 0 Å². The second-order valence-corrected chi connectivity index (χ2v) is 6.10. The largest absolute Gasteiger partial charge is 0.355 e. The van der Waals surface area contributed by atoms with Crippen molar-refractivity contribution >= 4 is 43.0 Å². The lowest BCUT2D eigenvalue weighted by Crippen LogP contribution is -2.05. The van der Waals surface area contributed by atoms with Gasteiger partial charge in [0.1, 0.15) is 6.20 Å². The molecule has 1 aromatic carbocycles. The van der Waals surface area contributed by atoms with Crippen LogP contribution in [0.3, 0.4) is 0 Å². The highest BCUT2D eigenvalue weighted by Crippen LogP contribution is 2.29. The molecule has 20 heavy (non-hydrogen) atoms. The fourth-order valence-electron chi connectivity index (χ4n) is 1.83. The lowest BCUT2D eigenvalue weighted by molar-refractivity contribution is -0.380. The number of thiazole rings is 2. The second kappa shape index (κ2) is 5.14. The number of nitrogens with zero attached hydrogens (tertiary/aromatic N) is 3. The average Bonchev–Trinajstić information content (AvgIpc) is 3.05. The number of aromatic nitrogens is 2. The zero-order chi connectivity index (χ0) is 14.1. The van der Waals surface area contributed by atoms with Gasteiger partial charge in [-0.25, -0.2) is 9.97 Å². The number of hydrogen-bond donors (Lipinski definition) is 1. The van der Waals surface area contributed by atoms with Crippen molar-refractivity contribution in [1.82, 2.24) is 9.97 Å². The third-order valence-corrected chi connectivity index (χ3v) is 4.54. The molecule has 0 saturated heterocycles. The van der Waals surface area contributed by atoms with Gasteiger partial charge in [-0.1, -0.05) is 6.07 Å². The lowest BCUT2D eigenvalue weighted by atomic mass is 10.1. The summed E-state index contributed by atoms with van der Waals surface area (Å²) in [5.41, 5.74) is 3.90. The molecule has 0 amide bonds. The summed E-state index contributed by atoms with van der Waals surface area (Å²) >= 11 is 2.63. The molecule has 0 aliphatic heterocycles. The van der Waals surface area contributed by atoms with Gasteiger partial charge in [-0.15, -0.1) is 11.3 Å². The number of rotatable bonds is 4. The molecular weight excluding hydrogens is 296 g/mol. The molecular formula is C12H10N4O2S2. The molecule has 0 bridgehead atoms. The Hall–Kier alpha value is -2.06. The van der Waals surface area contributed by atoms with Crippen molar-refractivity contribution in [1.29, 1.82) is 0 Å². The highest BCUT2D eigenvalue weighted by molar-refractivity contribution is 7.18.